The van der Waals surface area contributed by atoms with Crippen LogP contribution in [0.15, 0.2) is 60.9 Å². The topological polar surface area (TPSA) is 100 Å². The Hall–Kier alpha value is -3.69. The van der Waals surface area contributed by atoms with Gasteiger partial charge in [-0.25, -0.2) is 18.4 Å². The van der Waals surface area contributed by atoms with Gasteiger partial charge >= 0.3 is 0 Å². The Bertz CT molecular complexity index is 1480. The molecule has 0 atom stereocenters. The van der Waals surface area contributed by atoms with E-state index in [1.54, 1.807) is 19.5 Å². The Morgan fingerprint density at radius 1 is 1.09 bits per heavy atom. The standard InChI is InChI=1S/C26H27N5O3S/c1-17-7-9-20(29-23-6-4-5-19-16-31(35(3,32)33)12-11-21(19)23)13-22(17)26-28-15-24(30-26)18-8-10-25(34-2)27-14-18/h4-10,13-15,29H,11-12,16H2,1-3H3,(H,28,30). The molecule has 35 heavy (non-hydrogen) atoms. The number of nitrogens with zero attached hydrogens (tertiary/aromatic N) is 3. The Balaban J connectivity index is 1.41. The number of methoxy groups -OCH3 is 1. The molecule has 9 heteroatoms. The Labute approximate surface area is 205 Å². The molecule has 0 saturated heterocycles. The molecule has 2 aromatic heterocycles. The number of imidazole rings is 1. The SMILES string of the molecule is COc1ccc(-c2cnc(-c3cc(Nc4cccc5c4CCN(S(C)(=O)=O)C5)ccc3C)[nH]2)cn1. The molecule has 0 amide bonds. The van der Waals surface area contributed by atoms with Crippen molar-refractivity contribution >= 4 is 21.4 Å². The summed E-state index contributed by atoms with van der Waals surface area (Å²) in [6.45, 7) is 2.94. The maximum absolute atomic E-state index is 12.0. The zero-order chi connectivity index (χ0) is 24.6. The van der Waals surface area contributed by atoms with Gasteiger partial charge in [0, 0.05) is 47.9 Å². The lowest BCUT2D eigenvalue weighted by molar-refractivity contribution is 0.395. The van der Waals surface area contributed by atoms with Crippen molar-refractivity contribution in [2.45, 2.75) is 19.9 Å². The van der Waals surface area contributed by atoms with Crippen molar-refractivity contribution in [1.29, 1.82) is 0 Å². The van der Waals surface area contributed by atoms with Crippen molar-refractivity contribution in [3.05, 3.63) is 77.6 Å². The first-order valence-electron chi connectivity index (χ1n) is 11.3. The lowest BCUT2D eigenvalue weighted by Gasteiger charge is -2.28. The quantitative estimate of drug-likeness (QED) is 0.413. The number of sulfonamides is 1. The molecule has 5 rings (SSSR count). The predicted octanol–water partition coefficient (Wildman–Crippen LogP) is 4.52. The molecule has 0 spiro atoms. The first kappa shape index (κ1) is 23.1. The molecule has 1 aliphatic heterocycles. The fourth-order valence-electron chi connectivity index (χ4n) is 4.36. The molecule has 0 radical (unpaired) electrons. The molecule has 0 unspecified atom stereocenters. The fraction of sp³-hybridized carbons (Fsp3) is 0.231. The van der Waals surface area contributed by atoms with E-state index in [-0.39, 0.29) is 0 Å². The van der Waals surface area contributed by atoms with E-state index in [4.69, 9.17) is 4.74 Å². The Kier molecular flexibility index (Phi) is 6.04. The number of pyridine rings is 1. The Morgan fingerprint density at radius 3 is 2.69 bits per heavy atom. The first-order valence-corrected chi connectivity index (χ1v) is 13.2. The van der Waals surface area contributed by atoms with Crippen LogP contribution >= 0.6 is 0 Å². The van der Waals surface area contributed by atoms with Crippen LogP contribution in [0, 0.1) is 6.92 Å². The van der Waals surface area contributed by atoms with E-state index in [1.807, 2.05) is 36.4 Å². The average Bonchev–Trinajstić information content (AvgIpc) is 3.35. The highest BCUT2D eigenvalue weighted by Crippen LogP contribution is 2.32. The summed E-state index contributed by atoms with van der Waals surface area (Å²) < 4.78 is 30.6. The van der Waals surface area contributed by atoms with Crippen LogP contribution in [0.25, 0.3) is 22.6 Å². The number of fused-ring (bicyclic) bond motifs is 1. The summed E-state index contributed by atoms with van der Waals surface area (Å²) in [4.78, 5) is 12.3. The maximum atomic E-state index is 12.0. The minimum Gasteiger partial charge on any atom is -0.481 e. The van der Waals surface area contributed by atoms with Gasteiger partial charge in [-0.1, -0.05) is 18.2 Å². The molecule has 180 valence electrons. The van der Waals surface area contributed by atoms with Gasteiger partial charge in [0.15, 0.2) is 0 Å². The number of nitrogens with one attached hydrogen (secondary N) is 2. The minimum atomic E-state index is -3.21. The van der Waals surface area contributed by atoms with E-state index >= 15 is 0 Å². The lowest BCUT2D eigenvalue weighted by atomic mass is 9.98. The molecule has 4 aromatic rings. The lowest BCUT2D eigenvalue weighted by Crippen LogP contribution is -2.35. The third-order valence-corrected chi connectivity index (χ3v) is 7.55. The first-order chi connectivity index (χ1) is 16.8. The number of H-pyrrole nitrogens is 1. The van der Waals surface area contributed by atoms with Crippen LogP contribution in [-0.4, -0.2) is 47.6 Å². The Morgan fingerprint density at radius 2 is 1.94 bits per heavy atom. The number of hydrogen-bond donors (Lipinski definition) is 2. The summed E-state index contributed by atoms with van der Waals surface area (Å²) in [5, 5.41) is 3.54. The van der Waals surface area contributed by atoms with Crippen molar-refractivity contribution in [3.8, 4) is 28.5 Å². The van der Waals surface area contributed by atoms with Gasteiger partial charge in [0.1, 0.15) is 5.82 Å². The number of aromatic nitrogens is 3. The maximum Gasteiger partial charge on any atom is 0.212 e. The number of anilines is 2. The van der Waals surface area contributed by atoms with Crippen LogP contribution in [0.1, 0.15) is 16.7 Å². The van der Waals surface area contributed by atoms with Crippen molar-refractivity contribution in [2.75, 3.05) is 25.2 Å². The van der Waals surface area contributed by atoms with Gasteiger partial charge in [-0.05, 0) is 54.3 Å². The van der Waals surface area contributed by atoms with E-state index in [2.05, 4.69) is 39.3 Å². The zero-order valence-electron chi connectivity index (χ0n) is 19.9. The van der Waals surface area contributed by atoms with Crippen LogP contribution in [0.3, 0.4) is 0 Å². The van der Waals surface area contributed by atoms with Crippen LogP contribution in [0.5, 0.6) is 5.88 Å². The third-order valence-electron chi connectivity index (χ3n) is 6.30. The van der Waals surface area contributed by atoms with Crippen LogP contribution < -0.4 is 10.1 Å². The van der Waals surface area contributed by atoms with Crippen molar-refractivity contribution in [2.24, 2.45) is 0 Å². The van der Waals surface area contributed by atoms with E-state index in [9.17, 15) is 8.42 Å². The third kappa shape index (κ3) is 4.78. The molecule has 0 aliphatic carbocycles. The van der Waals surface area contributed by atoms with Gasteiger partial charge in [-0.2, -0.15) is 4.31 Å². The largest absolute Gasteiger partial charge is 0.481 e. The second-order valence-corrected chi connectivity index (χ2v) is 10.7. The number of aromatic amines is 1. The molecule has 2 N–H and O–H groups in total. The van der Waals surface area contributed by atoms with Crippen LogP contribution in [-0.2, 0) is 23.0 Å². The summed E-state index contributed by atoms with van der Waals surface area (Å²) >= 11 is 0. The summed E-state index contributed by atoms with van der Waals surface area (Å²) in [6.07, 6.45) is 5.49. The molecule has 0 saturated carbocycles. The van der Waals surface area contributed by atoms with Crippen molar-refractivity contribution in [3.63, 3.8) is 0 Å². The monoisotopic (exact) mass is 489 g/mol. The number of hydrogen-bond acceptors (Lipinski definition) is 6. The number of aryl methyl sites for hydroxylation is 1. The molecule has 0 bridgehead atoms. The molecule has 2 aromatic carbocycles. The van der Waals surface area contributed by atoms with Gasteiger partial charge in [-0.3, -0.25) is 0 Å². The fourth-order valence-corrected chi connectivity index (χ4v) is 5.16. The highest BCUT2D eigenvalue weighted by atomic mass is 32.2. The van der Waals surface area contributed by atoms with E-state index < -0.39 is 10.0 Å². The second-order valence-electron chi connectivity index (χ2n) is 8.68. The average molecular weight is 490 g/mol. The van der Waals surface area contributed by atoms with E-state index in [0.717, 1.165) is 50.7 Å². The molecule has 1 aliphatic rings. The zero-order valence-corrected chi connectivity index (χ0v) is 20.7. The molecule has 0 fully saturated rings. The van der Waals surface area contributed by atoms with E-state index in [1.165, 1.54) is 10.6 Å². The summed E-state index contributed by atoms with van der Waals surface area (Å²) in [7, 11) is -1.62. The molecular weight excluding hydrogens is 462 g/mol. The number of ether oxygens (including phenoxy) is 1. The number of rotatable bonds is 6. The highest BCUT2D eigenvalue weighted by molar-refractivity contribution is 7.88. The minimum absolute atomic E-state index is 0.401. The van der Waals surface area contributed by atoms with Gasteiger partial charge in [0.2, 0.25) is 15.9 Å². The second kappa shape index (κ2) is 9.16. The van der Waals surface area contributed by atoms with Gasteiger partial charge < -0.3 is 15.0 Å². The smallest absolute Gasteiger partial charge is 0.212 e. The summed E-state index contributed by atoms with van der Waals surface area (Å²) in [5.74, 6) is 1.34. The highest BCUT2D eigenvalue weighted by Gasteiger charge is 2.24. The number of benzene rings is 2. The van der Waals surface area contributed by atoms with Gasteiger partial charge in [0.25, 0.3) is 0 Å². The van der Waals surface area contributed by atoms with E-state index in [0.29, 0.717) is 25.4 Å². The summed E-state index contributed by atoms with van der Waals surface area (Å²) in [5.41, 5.74) is 8.02. The normalized spacial score (nSPS) is 13.9. The van der Waals surface area contributed by atoms with Crippen LogP contribution in [0.4, 0.5) is 11.4 Å². The molecular formula is C26H27N5O3S. The van der Waals surface area contributed by atoms with Gasteiger partial charge in [-0.15, -0.1) is 0 Å². The molecule has 3 heterocycles. The van der Waals surface area contributed by atoms with Crippen molar-refractivity contribution < 1.29 is 13.2 Å². The van der Waals surface area contributed by atoms with Crippen molar-refractivity contribution in [1.82, 2.24) is 19.3 Å². The van der Waals surface area contributed by atoms with Crippen LogP contribution in [0.2, 0.25) is 0 Å². The predicted molar refractivity (Wildman–Crippen MR) is 137 cm³/mol. The molecule has 8 nitrogen and oxygen atoms in total. The summed E-state index contributed by atoms with van der Waals surface area (Å²) in [6, 6.07) is 15.9. The van der Waals surface area contributed by atoms with Gasteiger partial charge in [0.05, 0.1) is 25.3 Å².